The number of hydrogen-bond acceptors (Lipinski definition) is 10. The lowest BCUT2D eigenvalue weighted by Crippen LogP contribution is -2.55. The van der Waals surface area contributed by atoms with Gasteiger partial charge < -0.3 is 49.3 Å². The molecule has 2 saturated heterocycles. The number of imidazole rings is 2. The predicted molar refractivity (Wildman–Crippen MR) is 255 cm³/mol. The van der Waals surface area contributed by atoms with Crippen molar-refractivity contribution < 1.29 is 38.1 Å². The average molecular weight is 921 g/mol. The van der Waals surface area contributed by atoms with Crippen LogP contribution in [0.2, 0.25) is 0 Å². The van der Waals surface area contributed by atoms with Crippen LogP contribution < -0.4 is 10.6 Å². The molecule has 68 heavy (non-hydrogen) atoms. The smallest absolute Gasteiger partial charge is 0.407 e. The first-order chi connectivity index (χ1) is 32.7. The minimum atomic E-state index is -1.12. The second-order valence-corrected chi connectivity index (χ2v) is 18.4. The molecule has 2 aliphatic heterocycles. The van der Waals surface area contributed by atoms with Gasteiger partial charge in [0.15, 0.2) is 11.8 Å². The topological polar surface area (TPSA) is 193 Å². The van der Waals surface area contributed by atoms with Crippen LogP contribution in [-0.2, 0) is 46.9 Å². The van der Waals surface area contributed by atoms with Crippen molar-refractivity contribution >= 4 is 45.8 Å². The van der Waals surface area contributed by atoms with Gasteiger partial charge in [0.25, 0.3) is 5.91 Å². The van der Waals surface area contributed by atoms with Gasteiger partial charge in [-0.3, -0.25) is 9.59 Å². The zero-order chi connectivity index (χ0) is 47.9. The van der Waals surface area contributed by atoms with Crippen molar-refractivity contribution in [1.82, 2.24) is 40.4 Å². The molecule has 4 aromatic carbocycles. The minimum absolute atomic E-state index is 0.0104. The molecule has 4 N–H and O–H groups in total. The maximum Gasteiger partial charge on any atom is 0.407 e. The van der Waals surface area contributed by atoms with Crippen LogP contribution in [0.25, 0.3) is 44.2 Å². The molecule has 0 saturated carbocycles. The summed E-state index contributed by atoms with van der Waals surface area (Å²) in [5.74, 6) is 1.83. The fourth-order valence-corrected chi connectivity index (χ4v) is 9.95. The fraction of sp³-hybridized carbons (Fsp3) is 0.385. The van der Waals surface area contributed by atoms with E-state index in [4.69, 9.17) is 35.3 Å². The zero-order valence-electron chi connectivity index (χ0n) is 39.1. The number of fused-ring (bicyclic) bond motifs is 6. The molecule has 16 heteroatoms. The molecule has 352 valence electrons. The molecule has 4 heterocycles. The Morgan fingerprint density at radius 3 is 2.34 bits per heavy atom. The number of aryl methyl sites for hydroxylation is 2. The number of aromatic nitrogens is 4. The molecule has 1 aliphatic carbocycles. The third kappa shape index (κ3) is 8.52. The summed E-state index contributed by atoms with van der Waals surface area (Å²) in [6.45, 7) is 8.71. The second kappa shape index (κ2) is 18.5. The Bertz CT molecular complexity index is 2950. The Labute approximate surface area is 394 Å². The molecular weight excluding hydrogens is 865 g/mol. The van der Waals surface area contributed by atoms with Gasteiger partial charge in [0.05, 0.1) is 56.2 Å². The summed E-state index contributed by atoms with van der Waals surface area (Å²) >= 11 is 0. The predicted octanol–water partition coefficient (Wildman–Crippen LogP) is 7.45. The molecule has 0 bridgehead atoms. The van der Waals surface area contributed by atoms with E-state index in [9.17, 15) is 19.2 Å². The first-order valence-corrected chi connectivity index (χ1v) is 23.0. The van der Waals surface area contributed by atoms with Gasteiger partial charge >= 0.3 is 12.2 Å². The van der Waals surface area contributed by atoms with Crippen LogP contribution in [0.1, 0.15) is 81.1 Å². The lowest BCUT2D eigenvalue weighted by molar-refractivity contribution is -0.170. The molecule has 0 radical (unpaired) electrons. The van der Waals surface area contributed by atoms with Gasteiger partial charge in [-0.15, -0.1) is 6.42 Å². The Morgan fingerprint density at radius 2 is 1.62 bits per heavy atom. The largest absolute Gasteiger partial charge is 0.453 e. The van der Waals surface area contributed by atoms with E-state index in [1.807, 2.05) is 68.1 Å². The lowest BCUT2D eigenvalue weighted by Gasteiger charge is -2.36. The van der Waals surface area contributed by atoms with Crippen molar-refractivity contribution in [2.24, 2.45) is 5.92 Å². The number of nitrogens with one attached hydrogen (secondary N) is 4. The third-order valence-electron chi connectivity index (χ3n) is 13.6. The summed E-state index contributed by atoms with van der Waals surface area (Å²) in [6.07, 6.45) is 7.89. The van der Waals surface area contributed by atoms with Crippen molar-refractivity contribution in [3.05, 3.63) is 107 Å². The second-order valence-electron chi connectivity index (χ2n) is 18.4. The highest BCUT2D eigenvalue weighted by molar-refractivity contribution is 6.05. The first-order valence-electron chi connectivity index (χ1n) is 23.0. The summed E-state index contributed by atoms with van der Waals surface area (Å²) in [7, 11) is 2.53. The summed E-state index contributed by atoms with van der Waals surface area (Å²) < 4.78 is 21.6. The number of benzene rings is 4. The van der Waals surface area contributed by atoms with Gasteiger partial charge in [-0.1, -0.05) is 86.5 Å². The van der Waals surface area contributed by atoms with Crippen molar-refractivity contribution in [3.8, 4) is 34.7 Å². The number of nitrogens with zero attached hydrogens (tertiary/aromatic N) is 4. The SMILES string of the molecule is C#CC(c1nc2c(ccc3cc(-c4ccc5c(c4)CCc4[nH]c(C6(C)CCCN6C(=O)C(NC(=O)OC)c6ccccc6)nc4-5)ccc32)[nH]1)N(CC1(C)OCCO1)C(=O)C(NC(=O)OC)C(C)C. The Morgan fingerprint density at radius 1 is 0.897 bits per heavy atom. The zero-order valence-corrected chi connectivity index (χ0v) is 39.1. The Hall–Kier alpha value is -7.22. The van der Waals surface area contributed by atoms with Crippen LogP contribution in [-0.4, -0.2) is 106 Å². The van der Waals surface area contributed by atoms with Crippen molar-refractivity contribution in [2.45, 2.75) is 82.8 Å². The number of amides is 4. The molecule has 4 unspecified atom stereocenters. The average Bonchev–Trinajstić information content (AvgIpc) is 4.18. The van der Waals surface area contributed by atoms with Gasteiger partial charge in [-0.2, -0.15) is 0 Å². The first kappa shape index (κ1) is 45.9. The molecule has 4 amide bonds. The van der Waals surface area contributed by atoms with E-state index in [2.05, 4.69) is 62.9 Å². The molecule has 9 rings (SSSR count). The van der Waals surface area contributed by atoms with Crippen LogP contribution in [0.3, 0.4) is 0 Å². The van der Waals surface area contributed by atoms with Crippen molar-refractivity contribution in [1.29, 1.82) is 0 Å². The molecule has 16 nitrogen and oxygen atoms in total. The number of likely N-dealkylation sites (tertiary alicyclic amines) is 1. The number of terminal acetylenes is 1. The highest BCUT2D eigenvalue weighted by Gasteiger charge is 2.47. The third-order valence-corrected chi connectivity index (χ3v) is 13.6. The Kier molecular flexibility index (Phi) is 12.5. The van der Waals surface area contributed by atoms with Crippen LogP contribution in [0, 0.1) is 18.3 Å². The van der Waals surface area contributed by atoms with E-state index in [-0.39, 0.29) is 18.4 Å². The normalized spacial score (nSPS) is 18.6. The number of rotatable bonds is 12. The van der Waals surface area contributed by atoms with Gasteiger partial charge in [0.2, 0.25) is 5.91 Å². The number of carbonyl (C=O) groups is 4. The number of aromatic amines is 2. The van der Waals surface area contributed by atoms with Crippen LogP contribution in [0.15, 0.2) is 78.9 Å². The quantitative estimate of drug-likeness (QED) is 0.0897. The minimum Gasteiger partial charge on any atom is -0.453 e. The van der Waals surface area contributed by atoms with Gasteiger partial charge in [0, 0.05) is 23.2 Å². The number of carbonyl (C=O) groups excluding carboxylic acids is 4. The number of alkyl carbamates (subject to hydrolysis) is 2. The van der Waals surface area contributed by atoms with Gasteiger partial charge in [-0.05, 0) is 85.2 Å². The standard InChI is InChI=1S/C52H56N8O8/c1-8-40(59(29-52(5)67-25-26-68-52)46(61)41(30(2)3)57-49(63)65-6)45-53-38-21-17-34-27-32(15-19-36(34)43(38)55-45)33-16-20-37-35(28-33)18-22-39-44(37)56-48(54-39)51(4)23-12-24-60(51)47(62)42(58-50(64)66-7)31-13-10-9-11-14-31/h1,9-11,13-17,19-21,27-28,30,40-42H,12,18,22-26,29H2,2-7H3,(H,53,55)(H,54,56)(H,57,63)(H,58,64). The number of ether oxygens (including phenoxy) is 4. The highest BCUT2D eigenvalue weighted by Crippen LogP contribution is 2.43. The van der Waals surface area contributed by atoms with E-state index in [1.165, 1.54) is 24.7 Å². The van der Waals surface area contributed by atoms with Crippen LogP contribution in [0.4, 0.5) is 9.59 Å². The van der Waals surface area contributed by atoms with E-state index < -0.39 is 47.5 Å². The van der Waals surface area contributed by atoms with Crippen LogP contribution >= 0.6 is 0 Å². The molecule has 3 aliphatic rings. The summed E-state index contributed by atoms with van der Waals surface area (Å²) in [6, 6.07) is 23.1. The Balaban J connectivity index is 0.986. The summed E-state index contributed by atoms with van der Waals surface area (Å²) in [5.41, 5.74) is 7.64. The maximum absolute atomic E-state index is 14.4. The molecule has 2 aromatic heterocycles. The highest BCUT2D eigenvalue weighted by atomic mass is 16.7. The fourth-order valence-electron chi connectivity index (χ4n) is 9.95. The molecule has 4 atom stereocenters. The number of hydrogen-bond donors (Lipinski definition) is 4. The van der Waals surface area contributed by atoms with Crippen LogP contribution in [0.5, 0.6) is 0 Å². The molecule has 6 aromatic rings. The molecule has 2 fully saturated rings. The number of methoxy groups -OCH3 is 2. The summed E-state index contributed by atoms with van der Waals surface area (Å²) in [4.78, 5) is 74.1. The van der Waals surface area contributed by atoms with E-state index in [0.717, 1.165) is 69.5 Å². The molecular formula is C52H56N8O8. The van der Waals surface area contributed by atoms with E-state index >= 15 is 0 Å². The number of H-pyrrole nitrogens is 2. The maximum atomic E-state index is 14.4. The van der Waals surface area contributed by atoms with E-state index in [1.54, 1.807) is 6.92 Å². The summed E-state index contributed by atoms with van der Waals surface area (Å²) in [5, 5.41) is 7.30. The molecule has 0 spiro atoms. The van der Waals surface area contributed by atoms with Gasteiger partial charge in [-0.25, -0.2) is 19.6 Å². The lowest BCUT2D eigenvalue weighted by atomic mass is 9.89. The van der Waals surface area contributed by atoms with Crippen molar-refractivity contribution in [2.75, 3.05) is 40.5 Å². The van der Waals surface area contributed by atoms with E-state index in [0.29, 0.717) is 43.1 Å². The van der Waals surface area contributed by atoms with Crippen molar-refractivity contribution in [3.63, 3.8) is 0 Å². The van der Waals surface area contributed by atoms with Gasteiger partial charge in [0.1, 0.15) is 23.7 Å². The monoisotopic (exact) mass is 920 g/mol.